The van der Waals surface area contributed by atoms with Crippen LogP contribution >= 0.6 is 31.3 Å². The lowest BCUT2D eigenvalue weighted by atomic mass is 10.1. The molecule has 0 aliphatic carbocycles. The zero-order valence-corrected chi connectivity index (χ0v) is 20.1. The number of H-pyrrole nitrogens is 1. The highest BCUT2D eigenvalue weighted by Gasteiger charge is 2.48. The maximum absolute atomic E-state index is 11.9. The monoisotopic (exact) mass is 578 g/mol. The van der Waals surface area contributed by atoms with Gasteiger partial charge in [0, 0.05) is 19.4 Å². The highest BCUT2D eigenvalue weighted by atomic mass is 31.3. The quantitative estimate of drug-likeness (QED) is 0.143. The molecular formula is C10H18N2O18P4. The van der Waals surface area contributed by atoms with Crippen LogP contribution in [-0.4, -0.2) is 71.4 Å². The summed E-state index contributed by atoms with van der Waals surface area (Å²) in [4.78, 5) is 61.9. The average molecular weight is 578 g/mol. The molecule has 1 aromatic heterocycles. The largest absolute Gasteiger partial charge is 0.490 e. The first-order valence-corrected chi connectivity index (χ1v) is 14.3. The number of nitrogens with zero attached hydrogens (tertiary/aromatic N) is 1. The Morgan fingerprint density at radius 3 is 2.00 bits per heavy atom. The van der Waals surface area contributed by atoms with Crippen LogP contribution in [-0.2, 0) is 45.0 Å². The zero-order valence-electron chi connectivity index (χ0n) is 16.5. The predicted octanol–water partition coefficient (Wildman–Crippen LogP) is -1.73. The van der Waals surface area contributed by atoms with E-state index in [1.165, 1.54) is 0 Å². The van der Waals surface area contributed by atoms with Crippen LogP contribution in [0.15, 0.2) is 21.9 Å². The number of phosphoric acid groups is 4. The summed E-state index contributed by atoms with van der Waals surface area (Å²) in [6, 6.07) is 0.897. The first-order chi connectivity index (χ1) is 15.4. The van der Waals surface area contributed by atoms with Crippen molar-refractivity contribution >= 4 is 31.3 Å². The fourth-order valence-electron chi connectivity index (χ4n) is 2.37. The Morgan fingerprint density at radius 2 is 1.47 bits per heavy atom. The van der Waals surface area contributed by atoms with Crippen LogP contribution in [0.1, 0.15) is 6.23 Å². The maximum Gasteiger partial charge on any atom is 0.490 e. The lowest BCUT2D eigenvalue weighted by molar-refractivity contribution is -0.0542. The molecular weight excluding hydrogens is 560 g/mol. The summed E-state index contributed by atoms with van der Waals surface area (Å²) in [5.74, 6) is 0. The van der Waals surface area contributed by atoms with Crippen molar-refractivity contribution in [2.75, 3.05) is 13.7 Å². The van der Waals surface area contributed by atoms with E-state index >= 15 is 0 Å². The van der Waals surface area contributed by atoms with Gasteiger partial charge in [-0.15, -0.1) is 0 Å². The number of aliphatic hydroxyl groups is 2. The lowest BCUT2D eigenvalue weighted by Gasteiger charge is -2.20. The third kappa shape index (κ3) is 8.08. The Labute approximate surface area is 187 Å². The summed E-state index contributed by atoms with van der Waals surface area (Å²) >= 11 is 0. The van der Waals surface area contributed by atoms with Gasteiger partial charge in [0.15, 0.2) is 6.23 Å². The fourth-order valence-corrected chi connectivity index (χ4v) is 7.07. The second-order valence-electron chi connectivity index (χ2n) is 6.16. The van der Waals surface area contributed by atoms with E-state index < -0.39 is 73.7 Å². The van der Waals surface area contributed by atoms with Crippen molar-refractivity contribution in [3.05, 3.63) is 33.1 Å². The van der Waals surface area contributed by atoms with E-state index in [2.05, 4.69) is 22.0 Å². The molecule has 1 saturated heterocycles. The van der Waals surface area contributed by atoms with Crippen molar-refractivity contribution in [2.24, 2.45) is 0 Å². The Bertz CT molecular complexity index is 1190. The van der Waals surface area contributed by atoms with Crippen LogP contribution in [0.3, 0.4) is 0 Å². The highest BCUT2D eigenvalue weighted by Crippen LogP contribution is 2.71. The number of nitrogens with one attached hydrogen (secondary N) is 1. The smallest absolute Gasteiger partial charge is 0.387 e. The third-order valence-electron chi connectivity index (χ3n) is 3.71. The van der Waals surface area contributed by atoms with Gasteiger partial charge >= 0.3 is 37.0 Å². The van der Waals surface area contributed by atoms with Gasteiger partial charge in [-0.3, -0.25) is 23.4 Å². The van der Waals surface area contributed by atoms with Crippen LogP contribution < -0.4 is 11.2 Å². The maximum atomic E-state index is 11.9. The molecule has 0 aromatic carbocycles. The van der Waals surface area contributed by atoms with Crippen LogP contribution in [0, 0.1) is 0 Å². The van der Waals surface area contributed by atoms with E-state index in [9.17, 15) is 52.7 Å². The topological polar surface area (TPSA) is 300 Å². The Morgan fingerprint density at radius 1 is 0.941 bits per heavy atom. The molecule has 2 heterocycles. The molecule has 20 nitrogen and oxygen atoms in total. The molecule has 2 rings (SSSR count). The predicted molar refractivity (Wildman–Crippen MR) is 103 cm³/mol. The normalized spacial score (nSPS) is 30.1. The molecule has 0 bridgehead atoms. The van der Waals surface area contributed by atoms with Gasteiger partial charge in [-0.05, 0) is 0 Å². The SMILES string of the molecule is COP(=O)(O)OP(=O)(O)OP(=O)(O)OP(=O)(O)OC[C@H]1O[C@@H](n2ccc(=O)[nH]c2=O)[C@H](O)[C@@H]1O. The highest BCUT2D eigenvalue weighted by molar-refractivity contribution is 7.69. The minimum atomic E-state index is -5.99. The van der Waals surface area contributed by atoms with Gasteiger partial charge in [-0.2, -0.15) is 12.9 Å². The van der Waals surface area contributed by atoms with Gasteiger partial charge in [-0.1, -0.05) is 0 Å². The number of hydrogen-bond donors (Lipinski definition) is 7. The number of phosphoric ester groups is 2. The van der Waals surface area contributed by atoms with Gasteiger partial charge in [-0.25, -0.2) is 23.1 Å². The van der Waals surface area contributed by atoms with Crippen molar-refractivity contribution in [3.8, 4) is 0 Å². The van der Waals surface area contributed by atoms with Gasteiger partial charge in [0.2, 0.25) is 0 Å². The third-order valence-corrected chi connectivity index (χ3v) is 9.60. The molecule has 0 amide bonds. The molecule has 4 unspecified atom stereocenters. The first-order valence-electron chi connectivity index (χ1n) is 8.35. The molecule has 24 heteroatoms. The van der Waals surface area contributed by atoms with E-state index in [4.69, 9.17) is 9.63 Å². The number of aliphatic hydroxyl groups excluding tert-OH is 2. The Kier molecular flexibility index (Phi) is 9.17. The molecule has 1 aliphatic heterocycles. The fraction of sp³-hybridized carbons (Fsp3) is 0.600. The number of rotatable bonds is 11. The molecule has 34 heavy (non-hydrogen) atoms. The van der Waals surface area contributed by atoms with Crippen molar-refractivity contribution in [1.82, 2.24) is 9.55 Å². The van der Waals surface area contributed by atoms with Crippen LogP contribution in [0.25, 0.3) is 0 Å². The number of hydrogen-bond acceptors (Lipinski definition) is 14. The van der Waals surface area contributed by atoms with E-state index in [0.29, 0.717) is 11.7 Å². The molecule has 1 aromatic rings. The molecule has 8 atom stereocenters. The minimum Gasteiger partial charge on any atom is -0.387 e. The number of aromatic nitrogens is 2. The van der Waals surface area contributed by atoms with Crippen molar-refractivity contribution in [2.45, 2.75) is 24.5 Å². The first kappa shape index (κ1) is 29.4. The molecule has 0 spiro atoms. The van der Waals surface area contributed by atoms with Gasteiger partial charge < -0.3 is 34.5 Å². The number of aromatic amines is 1. The molecule has 1 fully saturated rings. The second-order valence-corrected chi connectivity index (χ2v) is 12.5. The van der Waals surface area contributed by atoms with E-state index in [-0.39, 0.29) is 0 Å². The molecule has 1 aliphatic rings. The summed E-state index contributed by atoms with van der Waals surface area (Å²) in [6.45, 7) is -1.12. The molecule has 0 radical (unpaired) electrons. The summed E-state index contributed by atoms with van der Waals surface area (Å²) in [6.07, 6.45) is -5.97. The van der Waals surface area contributed by atoms with E-state index in [1.54, 1.807) is 0 Å². The van der Waals surface area contributed by atoms with Crippen LogP contribution in [0.5, 0.6) is 0 Å². The molecule has 196 valence electrons. The molecule has 7 N–H and O–H groups in total. The molecule has 0 saturated carbocycles. The van der Waals surface area contributed by atoms with Crippen molar-refractivity contribution in [3.63, 3.8) is 0 Å². The Hall–Kier alpha value is -0.880. The number of ether oxygens (including phenoxy) is 1. The summed E-state index contributed by atoms with van der Waals surface area (Å²) < 4.78 is 71.1. The van der Waals surface area contributed by atoms with E-state index in [1.807, 2.05) is 4.98 Å². The summed E-state index contributed by atoms with van der Waals surface area (Å²) in [5.41, 5.74) is -1.80. The minimum absolute atomic E-state index is 0.570. The zero-order chi connectivity index (χ0) is 26.1. The Balaban J connectivity index is 2.04. The van der Waals surface area contributed by atoms with Gasteiger partial charge in [0.25, 0.3) is 5.56 Å². The van der Waals surface area contributed by atoms with Crippen molar-refractivity contribution < 1.29 is 74.8 Å². The van der Waals surface area contributed by atoms with Crippen molar-refractivity contribution in [1.29, 1.82) is 0 Å². The van der Waals surface area contributed by atoms with Crippen LogP contribution in [0.4, 0.5) is 0 Å². The summed E-state index contributed by atoms with van der Waals surface area (Å²) in [5, 5.41) is 20.1. The lowest BCUT2D eigenvalue weighted by Crippen LogP contribution is -2.37. The summed E-state index contributed by atoms with van der Waals surface area (Å²) in [7, 11) is -22.1. The van der Waals surface area contributed by atoms with Crippen LogP contribution in [0.2, 0.25) is 0 Å². The average Bonchev–Trinajstić information content (AvgIpc) is 2.92. The standard InChI is InChI=1S/C10H18N2O18P4/c1-25-31(17,18)28-33(21,22)30-34(23,24)29-32(19,20)26-4-5-7(14)8(15)9(27-5)12-3-2-6(13)11-10(12)16/h2-3,5,7-9,14-15H,4H2,1H3,(H,17,18)(H,19,20)(H,21,22)(H,23,24)(H,11,13,16)/t5-,7-,8-,9-/m1/s1. The van der Waals surface area contributed by atoms with Gasteiger partial charge in [0.05, 0.1) is 6.61 Å². The van der Waals surface area contributed by atoms with Gasteiger partial charge in [0.1, 0.15) is 18.3 Å². The van der Waals surface area contributed by atoms with E-state index in [0.717, 1.165) is 12.3 Å². The second kappa shape index (κ2) is 10.6.